The van der Waals surface area contributed by atoms with Crippen molar-refractivity contribution in [2.45, 2.75) is 38.6 Å². The van der Waals surface area contributed by atoms with Crippen molar-refractivity contribution in [2.75, 3.05) is 18.5 Å². The summed E-state index contributed by atoms with van der Waals surface area (Å²) in [4.78, 5) is 13.7. The number of nitrogens with zero attached hydrogens (tertiary/aromatic N) is 1. The minimum Gasteiger partial charge on any atom is -0.314 e. The van der Waals surface area contributed by atoms with Crippen molar-refractivity contribution in [2.24, 2.45) is 0 Å². The number of nitrogens with one attached hydrogen (secondary N) is 1. The lowest BCUT2D eigenvalue weighted by Gasteiger charge is -2.18. The smallest absolute Gasteiger partial charge is 0.240 e. The molecule has 1 fully saturated rings. The van der Waals surface area contributed by atoms with Gasteiger partial charge in [0.1, 0.15) is 0 Å². The Hall–Kier alpha value is -1.35. The SMILES string of the molecule is CCCc1ccc(N(C)C(=O)CNC2CC2)cc1. The molecule has 1 N–H and O–H groups in total. The molecule has 1 aromatic rings. The van der Waals surface area contributed by atoms with Crippen LogP contribution in [0.25, 0.3) is 0 Å². The third kappa shape index (κ3) is 3.57. The van der Waals surface area contributed by atoms with Crippen LogP contribution >= 0.6 is 0 Å². The van der Waals surface area contributed by atoms with Gasteiger partial charge in [-0.3, -0.25) is 4.79 Å². The lowest BCUT2D eigenvalue weighted by atomic mass is 10.1. The standard InChI is InChI=1S/C15H22N2O/c1-3-4-12-5-9-14(10-6-12)17(2)15(18)11-16-13-7-8-13/h5-6,9-10,13,16H,3-4,7-8,11H2,1-2H3. The van der Waals surface area contributed by atoms with Crippen molar-refractivity contribution in [3.63, 3.8) is 0 Å². The maximum absolute atomic E-state index is 11.9. The van der Waals surface area contributed by atoms with E-state index < -0.39 is 0 Å². The molecular formula is C15H22N2O. The van der Waals surface area contributed by atoms with Crippen LogP contribution in [-0.4, -0.2) is 25.5 Å². The van der Waals surface area contributed by atoms with Gasteiger partial charge in [0.05, 0.1) is 6.54 Å². The van der Waals surface area contributed by atoms with Crippen molar-refractivity contribution in [3.8, 4) is 0 Å². The predicted octanol–water partition coefficient (Wildman–Crippen LogP) is 2.35. The zero-order valence-corrected chi connectivity index (χ0v) is 11.3. The molecular weight excluding hydrogens is 224 g/mol. The van der Waals surface area contributed by atoms with Crippen LogP contribution in [0.4, 0.5) is 5.69 Å². The molecule has 98 valence electrons. The Morgan fingerprint density at radius 1 is 1.33 bits per heavy atom. The molecule has 1 aromatic carbocycles. The van der Waals surface area contributed by atoms with Crippen LogP contribution in [0.2, 0.25) is 0 Å². The van der Waals surface area contributed by atoms with Crippen molar-refractivity contribution in [3.05, 3.63) is 29.8 Å². The number of hydrogen-bond donors (Lipinski definition) is 1. The Morgan fingerprint density at radius 3 is 2.56 bits per heavy atom. The Balaban J connectivity index is 1.89. The number of rotatable bonds is 6. The minimum absolute atomic E-state index is 0.130. The summed E-state index contributed by atoms with van der Waals surface area (Å²) in [6, 6.07) is 8.85. The molecule has 0 saturated heterocycles. The maximum atomic E-state index is 11.9. The van der Waals surface area contributed by atoms with E-state index in [0.29, 0.717) is 12.6 Å². The van der Waals surface area contributed by atoms with Gasteiger partial charge in [0, 0.05) is 18.8 Å². The molecule has 3 heteroatoms. The monoisotopic (exact) mass is 246 g/mol. The number of amides is 1. The highest BCUT2D eigenvalue weighted by molar-refractivity contribution is 5.94. The second-order valence-corrected chi connectivity index (χ2v) is 5.02. The van der Waals surface area contributed by atoms with Gasteiger partial charge in [0.15, 0.2) is 0 Å². The van der Waals surface area contributed by atoms with E-state index in [2.05, 4.69) is 24.4 Å². The zero-order chi connectivity index (χ0) is 13.0. The van der Waals surface area contributed by atoms with Crippen LogP contribution in [-0.2, 0) is 11.2 Å². The van der Waals surface area contributed by atoms with E-state index in [1.165, 1.54) is 18.4 Å². The van der Waals surface area contributed by atoms with E-state index in [1.807, 2.05) is 19.2 Å². The number of benzene rings is 1. The summed E-state index contributed by atoms with van der Waals surface area (Å²) in [5, 5.41) is 3.25. The summed E-state index contributed by atoms with van der Waals surface area (Å²) in [5.74, 6) is 0.130. The first-order chi connectivity index (χ1) is 8.70. The Labute approximate surface area is 109 Å². The second kappa shape index (κ2) is 6.01. The normalized spacial score (nSPS) is 14.6. The van der Waals surface area contributed by atoms with Gasteiger partial charge in [-0.1, -0.05) is 25.5 Å². The lowest BCUT2D eigenvalue weighted by molar-refractivity contribution is -0.117. The number of aryl methyl sites for hydroxylation is 1. The second-order valence-electron chi connectivity index (χ2n) is 5.02. The molecule has 1 aliphatic carbocycles. The summed E-state index contributed by atoms with van der Waals surface area (Å²) >= 11 is 0. The molecule has 1 saturated carbocycles. The highest BCUT2D eigenvalue weighted by Crippen LogP contribution is 2.19. The quantitative estimate of drug-likeness (QED) is 0.835. The van der Waals surface area contributed by atoms with Crippen molar-refractivity contribution >= 4 is 11.6 Å². The van der Waals surface area contributed by atoms with Crippen molar-refractivity contribution < 1.29 is 4.79 Å². The van der Waals surface area contributed by atoms with Gasteiger partial charge in [0.2, 0.25) is 5.91 Å². The summed E-state index contributed by atoms with van der Waals surface area (Å²) in [7, 11) is 1.84. The minimum atomic E-state index is 0.130. The molecule has 0 spiro atoms. The van der Waals surface area contributed by atoms with Gasteiger partial charge in [-0.25, -0.2) is 0 Å². The fourth-order valence-corrected chi connectivity index (χ4v) is 1.96. The Bertz CT molecular complexity index is 395. The predicted molar refractivity (Wildman–Crippen MR) is 74.9 cm³/mol. The third-order valence-electron chi connectivity index (χ3n) is 3.36. The number of hydrogen-bond acceptors (Lipinski definition) is 2. The molecule has 0 atom stereocenters. The first-order valence-corrected chi connectivity index (χ1v) is 6.79. The van der Waals surface area contributed by atoms with Crippen molar-refractivity contribution in [1.29, 1.82) is 0 Å². The van der Waals surface area contributed by atoms with E-state index in [9.17, 15) is 4.79 Å². The number of anilines is 1. The molecule has 0 heterocycles. The highest BCUT2D eigenvalue weighted by Gasteiger charge is 2.22. The van der Waals surface area contributed by atoms with Crippen LogP contribution in [0.15, 0.2) is 24.3 Å². The molecule has 1 aliphatic rings. The average molecular weight is 246 g/mol. The van der Waals surface area contributed by atoms with Crippen molar-refractivity contribution in [1.82, 2.24) is 5.32 Å². The first kappa shape index (κ1) is 13.1. The lowest BCUT2D eigenvalue weighted by Crippen LogP contribution is -2.36. The summed E-state index contributed by atoms with van der Waals surface area (Å²) in [6.07, 6.45) is 4.67. The molecule has 0 radical (unpaired) electrons. The molecule has 1 amide bonds. The fraction of sp³-hybridized carbons (Fsp3) is 0.533. The van der Waals surface area contributed by atoms with Gasteiger partial charge in [-0.15, -0.1) is 0 Å². The summed E-state index contributed by atoms with van der Waals surface area (Å²) in [5.41, 5.74) is 2.30. The number of carbonyl (C=O) groups excluding carboxylic acids is 1. The molecule has 18 heavy (non-hydrogen) atoms. The van der Waals surface area contributed by atoms with E-state index >= 15 is 0 Å². The van der Waals surface area contributed by atoms with Crippen LogP contribution in [0.3, 0.4) is 0 Å². The van der Waals surface area contributed by atoms with Gasteiger partial charge in [-0.05, 0) is 37.0 Å². The van der Waals surface area contributed by atoms with Gasteiger partial charge >= 0.3 is 0 Å². The van der Waals surface area contributed by atoms with Gasteiger partial charge < -0.3 is 10.2 Å². The van der Waals surface area contributed by atoms with E-state index in [-0.39, 0.29) is 5.91 Å². The summed E-state index contributed by atoms with van der Waals surface area (Å²) in [6.45, 7) is 2.62. The topological polar surface area (TPSA) is 32.3 Å². The zero-order valence-electron chi connectivity index (χ0n) is 11.3. The molecule has 2 rings (SSSR count). The number of likely N-dealkylation sites (N-methyl/N-ethyl adjacent to an activating group) is 1. The maximum Gasteiger partial charge on any atom is 0.240 e. The van der Waals surface area contributed by atoms with Crippen LogP contribution in [0.1, 0.15) is 31.7 Å². The third-order valence-corrected chi connectivity index (χ3v) is 3.36. The van der Waals surface area contributed by atoms with Gasteiger partial charge in [0.25, 0.3) is 0 Å². The summed E-state index contributed by atoms with van der Waals surface area (Å²) < 4.78 is 0. The van der Waals surface area contributed by atoms with E-state index in [1.54, 1.807) is 4.90 Å². The highest BCUT2D eigenvalue weighted by atomic mass is 16.2. The van der Waals surface area contributed by atoms with Crippen LogP contribution < -0.4 is 10.2 Å². The van der Waals surface area contributed by atoms with Crippen LogP contribution in [0.5, 0.6) is 0 Å². The Kier molecular flexibility index (Phi) is 4.37. The Morgan fingerprint density at radius 2 is 2.00 bits per heavy atom. The molecule has 0 aliphatic heterocycles. The molecule has 0 unspecified atom stereocenters. The molecule has 3 nitrogen and oxygen atoms in total. The fourth-order valence-electron chi connectivity index (χ4n) is 1.96. The van der Waals surface area contributed by atoms with Crippen LogP contribution in [0, 0.1) is 0 Å². The molecule has 0 aromatic heterocycles. The van der Waals surface area contributed by atoms with E-state index in [4.69, 9.17) is 0 Å². The first-order valence-electron chi connectivity index (χ1n) is 6.79. The number of carbonyl (C=O) groups is 1. The van der Waals surface area contributed by atoms with E-state index in [0.717, 1.165) is 18.5 Å². The largest absolute Gasteiger partial charge is 0.314 e. The van der Waals surface area contributed by atoms with Gasteiger partial charge in [-0.2, -0.15) is 0 Å². The average Bonchev–Trinajstić information content (AvgIpc) is 3.20. The molecule has 0 bridgehead atoms.